The van der Waals surface area contributed by atoms with Gasteiger partial charge in [0.2, 0.25) is 5.91 Å². The van der Waals surface area contributed by atoms with E-state index in [0.717, 1.165) is 50.3 Å². The maximum absolute atomic E-state index is 13.7. The summed E-state index contributed by atoms with van der Waals surface area (Å²) in [6, 6.07) is 7.58. The van der Waals surface area contributed by atoms with Crippen LogP contribution < -0.4 is 5.32 Å². The van der Waals surface area contributed by atoms with Gasteiger partial charge in [0.05, 0.1) is 12.1 Å². The smallest absolute Gasteiger partial charge is 0.335 e. The molecule has 1 amide bonds. The maximum atomic E-state index is 13.7. The lowest BCUT2D eigenvalue weighted by Gasteiger charge is -2.72. The summed E-state index contributed by atoms with van der Waals surface area (Å²) in [5.74, 6) is 4.43. The molecule has 4 saturated carbocycles. The molecule has 0 bridgehead atoms. The highest BCUT2D eigenvalue weighted by Gasteiger charge is 2.70. The topological polar surface area (TPSA) is 69.6 Å². The van der Waals surface area contributed by atoms with Gasteiger partial charge in [-0.25, -0.2) is 4.79 Å². The Kier molecular flexibility index (Phi) is 8.62. The van der Waals surface area contributed by atoms with Crippen LogP contribution >= 0.6 is 11.8 Å². The fraction of sp³-hybridized carbons (Fsp3) is 0.714. The van der Waals surface area contributed by atoms with Crippen molar-refractivity contribution in [1.82, 2.24) is 10.2 Å². The second-order valence-corrected chi connectivity index (χ2v) is 19.4. The van der Waals surface area contributed by atoms with Gasteiger partial charge < -0.3 is 10.4 Å². The number of carbonyl (C=O) groups is 2. The van der Waals surface area contributed by atoms with Crippen molar-refractivity contribution >= 4 is 29.2 Å². The number of aromatic carboxylic acids is 1. The first kappa shape index (κ1) is 34.4. The molecule has 7 rings (SSSR count). The minimum Gasteiger partial charge on any atom is -0.478 e. The number of fused-ring (bicyclic) bond motifs is 7. The Morgan fingerprint density at radius 3 is 2.29 bits per heavy atom. The Balaban J connectivity index is 1.18. The number of hydrogen-bond acceptors (Lipinski definition) is 4. The molecule has 1 aromatic rings. The molecule has 9 atom stereocenters. The summed E-state index contributed by atoms with van der Waals surface area (Å²) in [6.07, 6.45) is 13.2. The van der Waals surface area contributed by atoms with Crippen LogP contribution in [0.25, 0.3) is 5.57 Å². The van der Waals surface area contributed by atoms with Gasteiger partial charge >= 0.3 is 5.97 Å². The van der Waals surface area contributed by atoms with Crippen LogP contribution in [0.3, 0.4) is 0 Å². The van der Waals surface area contributed by atoms with Gasteiger partial charge in [0, 0.05) is 30.1 Å². The quantitative estimate of drug-likeness (QED) is 0.296. The molecule has 0 aromatic heterocycles. The normalized spacial score (nSPS) is 42.0. The van der Waals surface area contributed by atoms with Crippen LogP contribution in [-0.4, -0.2) is 58.6 Å². The first-order valence-electron chi connectivity index (χ1n) is 19.0. The molecule has 1 aromatic carbocycles. The standard InChI is InChI=1S/C42H60N2O3S/c1-27(2)30-14-19-42(43-35(45)26-44-22-24-48-25-23-44)21-20-40(6)32(36(30)42)12-13-34-39(5)17-15-31(28-8-10-29(11-9-28)37(46)47)38(3,4)33(39)16-18-41(34,40)7/h8-11,15,30,32-34,36H,1,12-14,16-26H2,2-7H3,(H,43,45)(H,46,47)/t30-,32+,33?,34?,36?,39-,40+,41+,42-/m0/s1. The molecule has 1 aliphatic heterocycles. The van der Waals surface area contributed by atoms with E-state index in [1.165, 1.54) is 48.8 Å². The molecule has 3 unspecified atom stereocenters. The molecule has 48 heavy (non-hydrogen) atoms. The van der Waals surface area contributed by atoms with Gasteiger partial charge in [-0.15, -0.1) is 0 Å². The first-order valence-corrected chi connectivity index (χ1v) is 20.1. The zero-order valence-electron chi connectivity index (χ0n) is 30.5. The van der Waals surface area contributed by atoms with Crippen LogP contribution in [0.1, 0.15) is 115 Å². The zero-order chi connectivity index (χ0) is 34.3. The van der Waals surface area contributed by atoms with E-state index in [-0.39, 0.29) is 33.1 Å². The molecule has 6 aliphatic rings. The largest absolute Gasteiger partial charge is 0.478 e. The minimum atomic E-state index is -0.868. The lowest BCUT2D eigenvalue weighted by atomic mass is 9.33. The van der Waals surface area contributed by atoms with Crippen LogP contribution in [-0.2, 0) is 4.79 Å². The Hall–Kier alpha value is -2.05. The molecule has 1 saturated heterocycles. The number of nitrogens with one attached hydrogen (secondary N) is 1. The predicted molar refractivity (Wildman–Crippen MR) is 198 cm³/mol. The summed E-state index contributed by atoms with van der Waals surface area (Å²) >= 11 is 2.00. The minimum absolute atomic E-state index is 0.00632. The highest BCUT2D eigenvalue weighted by Crippen LogP contribution is 2.76. The van der Waals surface area contributed by atoms with E-state index < -0.39 is 5.97 Å². The van der Waals surface area contributed by atoms with E-state index >= 15 is 0 Å². The second-order valence-electron chi connectivity index (χ2n) is 18.2. The number of nitrogens with zero attached hydrogens (tertiary/aromatic N) is 1. The molecule has 1 heterocycles. The van der Waals surface area contributed by atoms with Crippen molar-refractivity contribution in [3.63, 3.8) is 0 Å². The monoisotopic (exact) mass is 672 g/mol. The average molecular weight is 673 g/mol. The number of allylic oxidation sites excluding steroid dienone is 3. The van der Waals surface area contributed by atoms with Crippen LogP contribution in [0.4, 0.5) is 0 Å². The molecule has 262 valence electrons. The van der Waals surface area contributed by atoms with Crippen LogP contribution in [0.2, 0.25) is 0 Å². The van der Waals surface area contributed by atoms with Gasteiger partial charge in [0.1, 0.15) is 0 Å². The number of amides is 1. The highest BCUT2D eigenvalue weighted by molar-refractivity contribution is 7.99. The van der Waals surface area contributed by atoms with Gasteiger partial charge in [-0.05, 0) is 139 Å². The summed E-state index contributed by atoms with van der Waals surface area (Å²) in [5.41, 5.74) is 4.83. The fourth-order valence-electron chi connectivity index (χ4n) is 13.5. The lowest BCUT2D eigenvalue weighted by Crippen LogP contribution is -2.68. The Morgan fingerprint density at radius 1 is 0.917 bits per heavy atom. The van der Waals surface area contributed by atoms with Crippen LogP contribution in [0, 0.1) is 51.2 Å². The third-order valence-corrected chi connectivity index (χ3v) is 16.9. The van der Waals surface area contributed by atoms with Gasteiger partial charge in [0.15, 0.2) is 0 Å². The van der Waals surface area contributed by atoms with Gasteiger partial charge in [-0.1, -0.05) is 65.0 Å². The second kappa shape index (κ2) is 12.0. The van der Waals surface area contributed by atoms with E-state index in [2.05, 4.69) is 64.4 Å². The number of hydrogen-bond donors (Lipinski definition) is 2. The van der Waals surface area contributed by atoms with E-state index in [9.17, 15) is 14.7 Å². The Morgan fingerprint density at radius 2 is 1.62 bits per heavy atom. The Labute approximate surface area is 294 Å². The fourth-order valence-corrected chi connectivity index (χ4v) is 14.5. The van der Waals surface area contributed by atoms with E-state index in [1.807, 2.05) is 23.9 Å². The van der Waals surface area contributed by atoms with Gasteiger partial charge in [-0.3, -0.25) is 9.69 Å². The van der Waals surface area contributed by atoms with Crippen molar-refractivity contribution in [2.24, 2.45) is 51.2 Å². The van der Waals surface area contributed by atoms with Gasteiger partial charge in [-0.2, -0.15) is 11.8 Å². The van der Waals surface area contributed by atoms with E-state index in [0.29, 0.717) is 41.7 Å². The molecule has 2 N–H and O–H groups in total. The van der Waals surface area contributed by atoms with Crippen molar-refractivity contribution in [1.29, 1.82) is 0 Å². The van der Waals surface area contributed by atoms with Crippen LogP contribution in [0.5, 0.6) is 0 Å². The van der Waals surface area contributed by atoms with Crippen molar-refractivity contribution < 1.29 is 14.7 Å². The molecule has 6 heteroatoms. The summed E-state index contributed by atoms with van der Waals surface area (Å²) in [5, 5.41) is 13.3. The molecule has 0 radical (unpaired) electrons. The van der Waals surface area contributed by atoms with Crippen molar-refractivity contribution in [2.75, 3.05) is 31.1 Å². The van der Waals surface area contributed by atoms with Crippen molar-refractivity contribution in [3.8, 4) is 0 Å². The third kappa shape index (κ3) is 5.11. The van der Waals surface area contributed by atoms with Crippen molar-refractivity contribution in [3.05, 3.63) is 53.6 Å². The number of rotatable bonds is 6. The lowest BCUT2D eigenvalue weighted by molar-refractivity contribution is -0.219. The molecular formula is C42H60N2O3S. The summed E-state index contributed by atoms with van der Waals surface area (Å²) in [6.45, 7) is 22.3. The molecule has 0 spiro atoms. The maximum Gasteiger partial charge on any atom is 0.335 e. The molecule has 5 fully saturated rings. The summed E-state index contributed by atoms with van der Waals surface area (Å²) < 4.78 is 0. The summed E-state index contributed by atoms with van der Waals surface area (Å²) in [7, 11) is 0. The average Bonchev–Trinajstić information content (AvgIpc) is 3.41. The van der Waals surface area contributed by atoms with Gasteiger partial charge in [0.25, 0.3) is 0 Å². The van der Waals surface area contributed by atoms with E-state index in [1.54, 1.807) is 12.1 Å². The van der Waals surface area contributed by atoms with Crippen LogP contribution in [0.15, 0.2) is 42.5 Å². The predicted octanol–water partition coefficient (Wildman–Crippen LogP) is 8.95. The molecular weight excluding hydrogens is 613 g/mol. The SMILES string of the molecule is C=C(C)[C@@H]1CC[C@]2(NC(=O)CN3CCSCC3)CC[C@]3(C)[C@H](CCC4[C@@]5(C)CC=C(c6ccc(C(=O)O)cc6)C(C)(C)C5CC[C@]43C)C12. The number of carboxylic acid groups (broad SMARTS) is 1. The summed E-state index contributed by atoms with van der Waals surface area (Å²) in [4.78, 5) is 27.7. The highest BCUT2D eigenvalue weighted by atomic mass is 32.2. The number of thioether (sulfide) groups is 1. The number of carboxylic acids is 1. The molecule has 5 aliphatic carbocycles. The zero-order valence-corrected chi connectivity index (χ0v) is 31.3. The molecule has 5 nitrogen and oxygen atoms in total. The number of benzene rings is 1. The third-order valence-electron chi connectivity index (χ3n) is 15.9. The number of carbonyl (C=O) groups excluding carboxylic acids is 1. The first-order chi connectivity index (χ1) is 22.7. The van der Waals surface area contributed by atoms with E-state index in [4.69, 9.17) is 0 Å². The Bertz CT molecular complexity index is 1490. The van der Waals surface area contributed by atoms with Crippen molar-refractivity contribution in [2.45, 2.75) is 105 Å².